The van der Waals surface area contributed by atoms with E-state index in [2.05, 4.69) is 9.97 Å². The van der Waals surface area contributed by atoms with Crippen molar-refractivity contribution < 1.29 is 9.53 Å². The second-order valence-corrected chi connectivity index (χ2v) is 3.00. The molecule has 4 heteroatoms. The summed E-state index contributed by atoms with van der Waals surface area (Å²) in [7, 11) is 1.54. The molecule has 0 amide bonds. The van der Waals surface area contributed by atoms with Crippen molar-refractivity contribution in [2.24, 2.45) is 0 Å². The zero-order chi connectivity index (χ0) is 10.6. The van der Waals surface area contributed by atoms with Crippen molar-refractivity contribution in [2.75, 3.05) is 7.11 Å². The minimum absolute atomic E-state index is 0.137. The van der Waals surface area contributed by atoms with E-state index in [0.717, 1.165) is 0 Å². The lowest BCUT2D eigenvalue weighted by Crippen LogP contribution is -2.11. The van der Waals surface area contributed by atoms with Crippen molar-refractivity contribution in [2.45, 2.75) is 26.2 Å². The summed E-state index contributed by atoms with van der Waals surface area (Å²) in [5, 5.41) is 0. The number of methoxy groups -OCH3 is 1. The second kappa shape index (κ2) is 4.69. The van der Waals surface area contributed by atoms with E-state index in [1.807, 2.05) is 6.92 Å². The highest BCUT2D eigenvalue weighted by Gasteiger charge is 2.16. The minimum atomic E-state index is -0.255. The second-order valence-electron chi connectivity index (χ2n) is 3.00. The molecule has 0 saturated carbocycles. The minimum Gasteiger partial charge on any atom is -0.481 e. The van der Waals surface area contributed by atoms with Gasteiger partial charge in [-0.2, -0.15) is 4.98 Å². The van der Waals surface area contributed by atoms with Crippen LogP contribution in [0.2, 0.25) is 0 Å². The van der Waals surface area contributed by atoms with E-state index in [4.69, 9.17) is 4.74 Å². The third kappa shape index (κ3) is 2.28. The van der Waals surface area contributed by atoms with Gasteiger partial charge in [-0.3, -0.25) is 4.79 Å². The topological polar surface area (TPSA) is 52.1 Å². The van der Waals surface area contributed by atoms with Crippen molar-refractivity contribution in [1.82, 2.24) is 9.97 Å². The molecule has 0 N–H and O–H groups in total. The monoisotopic (exact) mass is 194 g/mol. The van der Waals surface area contributed by atoms with Crippen LogP contribution in [-0.2, 0) is 4.79 Å². The molecule has 0 fully saturated rings. The summed E-state index contributed by atoms with van der Waals surface area (Å²) in [4.78, 5) is 19.5. The molecular formula is C10H14N2O2. The number of ketones is 1. The van der Waals surface area contributed by atoms with Crippen LogP contribution in [0.3, 0.4) is 0 Å². The van der Waals surface area contributed by atoms with Gasteiger partial charge in [0.2, 0.25) is 5.88 Å². The van der Waals surface area contributed by atoms with E-state index in [1.54, 1.807) is 26.3 Å². The molecule has 0 aliphatic carbocycles. The van der Waals surface area contributed by atoms with Crippen molar-refractivity contribution >= 4 is 5.78 Å². The molecule has 0 aliphatic rings. The molecule has 1 aromatic rings. The van der Waals surface area contributed by atoms with Gasteiger partial charge in [-0.15, -0.1) is 0 Å². The Kier molecular flexibility index (Phi) is 3.56. The van der Waals surface area contributed by atoms with E-state index >= 15 is 0 Å². The van der Waals surface area contributed by atoms with Gasteiger partial charge in [-0.05, 0) is 6.92 Å². The molecule has 4 nitrogen and oxygen atoms in total. The number of carbonyl (C=O) groups excluding carboxylic acids is 1. The Hall–Kier alpha value is -1.45. The third-order valence-corrected chi connectivity index (χ3v) is 2.08. The number of ether oxygens (including phenoxy) is 1. The summed E-state index contributed by atoms with van der Waals surface area (Å²) < 4.78 is 4.96. The highest BCUT2D eigenvalue weighted by atomic mass is 16.5. The summed E-state index contributed by atoms with van der Waals surface area (Å²) in [5.74, 6) is 0.898. The first-order valence-corrected chi connectivity index (χ1v) is 4.58. The van der Waals surface area contributed by atoms with Crippen LogP contribution in [0.4, 0.5) is 0 Å². The fraction of sp³-hybridized carbons (Fsp3) is 0.500. The largest absolute Gasteiger partial charge is 0.481 e. The summed E-state index contributed by atoms with van der Waals surface area (Å²) >= 11 is 0. The molecule has 0 bridgehead atoms. The first kappa shape index (κ1) is 10.6. The Bertz CT molecular complexity index is 326. The van der Waals surface area contributed by atoms with Crippen molar-refractivity contribution in [3.05, 3.63) is 18.1 Å². The van der Waals surface area contributed by atoms with Gasteiger partial charge in [-0.25, -0.2) is 4.98 Å². The standard InChI is InChI=1S/C10H14N2O2/c1-4-8(13)7(2)10-11-6-5-9(12-10)14-3/h5-7H,4H2,1-3H3. The van der Waals surface area contributed by atoms with Gasteiger partial charge in [0.1, 0.15) is 11.6 Å². The molecule has 1 atom stereocenters. The van der Waals surface area contributed by atoms with Crippen LogP contribution in [0.15, 0.2) is 12.3 Å². The van der Waals surface area contributed by atoms with Crippen LogP contribution < -0.4 is 4.74 Å². The maximum atomic E-state index is 11.4. The molecule has 14 heavy (non-hydrogen) atoms. The maximum absolute atomic E-state index is 11.4. The number of carbonyl (C=O) groups is 1. The normalized spacial score (nSPS) is 12.2. The van der Waals surface area contributed by atoms with Gasteiger partial charge in [0.25, 0.3) is 0 Å². The molecule has 0 spiro atoms. The average Bonchev–Trinajstić information content (AvgIpc) is 2.27. The van der Waals surface area contributed by atoms with Crippen LogP contribution >= 0.6 is 0 Å². The van der Waals surface area contributed by atoms with Gasteiger partial charge in [0.05, 0.1) is 13.0 Å². The van der Waals surface area contributed by atoms with Crippen LogP contribution in [-0.4, -0.2) is 22.9 Å². The quantitative estimate of drug-likeness (QED) is 0.730. The van der Waals surface area contributed by atoms with Gasteiger partial charge < -0.3 is 4.74 Å². The zero-order valence-corrected chi connectivity index (χ0v) is 8.65. The molecule has 0 radical (unpaired) electrons. The fourth-order valence-corrected chi connectivity index (χ4v) is 1.13. The predicted octanol–water partition coefficient (Wildman–Crippen LogP) is 1.57. The fourth-order valence-electron chi connectivity index (χ4n) is 1.13. The van der Waals surface area contributed by atoms with Crippen LogP contribution in [0, 0.1) is 0 Å². The van der Waals surface area contributed by atoms with Gasteiger partial charge in [0, 0.05) is 18.7 Å². The summed E-state index contributed by atoms with van der Waals surface area (Å²) in [5.41, 5.74) is 0. The van der Waals surface area contributed by atoms with E-state index < -0.39 is 0 Å². The number of rotatable bonds is 4. The first-order valence-electron chi connectivity index (χ1n) is 4.58. The van der Waals surface area contributed by atoms with Gasteiger partial charge in [0.15, 0.2) is 0 Å². The molecule has 76 valence electrons. The van der Waals surface area contributed by atoms with E-state index in [0.29, 0.717) is 18.1 Å². The Balaban J connectivity index is 2.89. The lowest BCUT2D eigenvalue weighted by atomic mass is 10.0. The Morgan fingerprint density at radius 1 is 1.64 bits per heavy atom. The summed E-state index contributed by atoms with van der Waals surface area (Å²) in [6.45, 7) is 3.64. The maximum Gasteiger partial charge on any atom is 0.216 e. The number of hydrogen-bond acceptors (Lipinski definition) is 4. The van der Waals surface area contributed by atoms with E-state index in [-0.39, 0.29) is 11.7 Å². The molecular weight excluding hydrogens is 180 g/mol. The van der Waals surface area contributed by atoms with Crippen LogP contribution in [0.1, 0.15) is 32.0 Å². The van der Waals surface area contributed by atoms with Crippen molar-refractivity contribution in [3.63, 3.8) is 0 Å². The predicted molar refractivity (Wildman–Crippen MR) is 52.3 cm³/mol. The lowest BCUT2D eigenvalue weighted by molar-refractivity contribution is -0.120. The van der Waals surface area contributed by atoms with Crippen LogP contribution in [0.25, 0.3) is 0 Å². The van der Waals surface area contributed by atoms with Crippen molar-refractivity contribution in [3.8, 4) is 5.88 Å². The molecule has 0 aliphatic heterocycles. The third-order valence-electron chi connectivity index (χ3n) is 2.08. The molecule has 1 heterocycles. The highest BCUT2D eigenvalue weighted by molar-refractivity contribution is 5.84. The first-order chi connectivity index (χ1) is 6.69. The Morgan fingerprint density at radius 2 is 2.36 bits per heavy atom. The Labute approximate surface area is 83.3 Å². The summed E-state index contributed by atoms with van der Waals surface area (Å²) in [6.07, 6.45) is 2.10. The van der Waals surface area contributed by atoms with Crippen LogP contribution in [0.5, 0.6) is 5.88 Å². The number of aromatic nitrogens is 2. The molecule has 1 unspecified atom stereocenters. The Morgan fingerprint density at radius 3 is 2.93 bits per heavy atom. The molecule has 1 rings (SSSR count). The lowest BCUT2D eigenvalue weighted by Gasteiger charge is -2.07. The molecule has 1 aromatic heterocycles. The molecule has 0 aromatic carbocycles. The number of hydrogen-bond donors (Lipinski definition) is 0. The van der Waals surface area contributed by atoms with E-state index in [9.17, 15) is 4.79 Å². The van der Waals surface area contributed by atoms with E-state index in [1.165, 1.54) is 0 Å². The summed E-state index contributed by atoms with van der Waals surface area (Å²) in [6, 6.07) is 1.66. The highest BCUT2D eigenvalue weighted by Crippen LogP contribution is 2.15. The average molecular weight is 194 g/mol. The zero-order valence-electron chi connectivity index (χ0n) is 8.65. The number of Topliss-reactive ketones (excluding diaryl/α,β-unsaturated/α-hetero) is 1. The number of nitrogens with zero attached hydrogens (tertiary/aromatic N) is 2. The van der Waals surface area contributed by atoms with Crippen molar-refractivity contribution in [1.29, 1.82) is 0 Å². The smallest absolute Gasteiger partial charge is 0.216 e. The van der Waals surface area contributed by atoms with Gasteiger partial charge >= 0.3 is 0 Å². The van der Waals surface area contributed by atoms with Gasteiger partial charge in [-0.1, -0.05) is 6.92 Å². The molecule has 0 saturated heterocycles. The SMILES string of the molecule is CCC(=O)C(C)c1nccc(OC)n1.